The highest BCUT2D eigenvalue weighted by molar-refractivity contribution is 5.85. The van der Waals surface area contributed by atoms with E-state index >= 15 is 0 Å². The summed E-state index contributed by atoms with van der Waals surface area (Å²) < 4.78 is 5.51. The molecule has 1 heterocycles. The molecule has 0 aromatic rings. The quantitative estimate of drug-likeness (QED) is 0.767. The number of ether oxygens (including phenoxy) is 1. The average molecular weight is 228 g/mol. The molecule has 1 amide bonds. The molecule has 94 valence electrons. The normalized spacial score (nSPS) is 24.1. The maximum Gasteiger partial charge on any atom is 0.242 e. The summed E-state index contributed by atoms with van der Waals surface area (Å²) in [5.74, 6) is 0.0184. The Morgan fingerprint density at radius 3 is 2.81 bits per heavy atom. The van der Waals surface area contributed by atoms with Gasteiger partial charge in [-0.3, -0.25) is 4.79 Å². The molecule has 0 radical (unpaired) electrons. The molecular formula is C12H24N2O2. The summed E-state index contributed by atoms with van der Waals surface area (Å²) in [5, 5.41) is 0. The second-order valence-electron chi connectivity index (χ2n) is 4.99. The van der Waals surface area contributed by atoms with E-state index < -0.39 is 5.54 Å². The van der Waals surface area contributed by atoms with Crippen molar-refractivity contribution in [3.05, 3.63) is 0 Å². The van der Waals surface area contributed by atoms with Crippen molar-refractivity contribution in [2.45, 2.75) is 51.2 Å². The first-order valence-corrected chi connectivity index (χ1v) is 6.13. The molecule has 0 bridgehead atoms. The van der Waals surface area contributed by atoms with Gasteiger partial charge in [0.25, 0.3) is 0 Å². The number of likely N-dealkylation sites (N-methyl/N-ethyl adjacent to an activating group) is 1. The van der Waals surface area contributed by atoms with E-state index in [9.17, 15) is 4.79 Å². The molecule has 2 atom stereocenters. The number of hydrogen-bond donors (Lipinski definition) is 1. The van der Waals surface area contributed by atoms with E-state index in [-0.39, 0.29) is 12.0 Å². The zero-order valence-corrected chi connectivity index (χ0v) is 10.7. The maximum atomic E-state index is 12.1. The third-order valence-electron chi connectivity index (χ3n) is 3.11. The van der Waals surface area contributed by atoms with E-state index in [1.54, 1.807) is 4.90 Å². The first-order chi connectivity index (χ1) is 7.47. The third kappa shape index (κ3) is 3.46. The monoisotopic (exact) mass is 228 g/mol. The van der Waals surface area contributed by atoms with Crippen LogP contribution in [0.25, 0.3) is 0 Å². The lowest BCUT2D eigenvalue weighted by molar-refractivity contribution is -0.136. The number of nitrogens with zero attached hydrogens (tertiary/aromatic N) is 1. The Balaban J connectivity index is 2.45. The van der Waals surface area contributed by atoms with Crippen molar-refractivity contribution >= 4 is 5.91 Å². The van der Waals surface area contributed by atoms with Crippen LogP contribution in [0.4, 0.5) is 0 Å². The highest BCUT2D eigenvalue weighted by Crippen LogP contribution is 2.16. The minimum atomic E-state index is -0.734. The van der Waals surface area contributed by atoms with Crippen LogP contribution >= 0.6 is 0 Å². The Labute approximate surface area is 98.1 Å². The Kier molecular flexibility index (Phi) is 4.74. The fraction of sp³-hybridized carbons (Fsp3) is 0.917. The first kappa shape index (κ1) is 13.5. The number of carbonyl (C=O) groups excluding carboxylic acids is 1. The smallest absolute Gasteiger partial charge is 0.242 e. The van der Waals surface area contributed by atoms with Gasteiger partial charge in [0.2, 0.25) is 5.91 Å². The van der Waals surface area contributed by atoms with Crippen molar-refractivity contribution in [1.82, 2.24) is 4.90 Å². The van der Waals surface area contributed by atoms with Gasteiger partial charge in [0.15, 0.2) is 0 Å². The molecule has 0 aliphatic carbocycles. The van der Waals surface area contributed by atoms with Gasteiger partial charge in [-0.1, -0.05) is 13.3 Å². The minimum absolute atomic E-state index is 0.0184. The van der Waals surface area contributed by atoms with Crippen LogP contribution in [0.1, 0.15) is 39.5 Å². The van der Waals surface area contributed by atoms with Crippen molar-refractivity contribution < 1.29 is 9.53 Å². The van der Waals surface area contributed by atoms with Gasteiger partial charge in [-0.2, -0.15) is 0 Å². The number of amides is 1. The molecule has 4 heteroatoms. The predicted octanol–water partition coefficient (Wildman–Crippen LogP) is 1.14. The van der Waals surface area contributed by atoms with Crippen LogP contribution in [0.5, 0.6) is 0 Å². The molecular weight excluding hydrogens is 204 g/mol. The highest BCUT2D eigenvalue weighted by atomic mass is 16.5. The molecule has 1 fully saturated rings. The number of hydrogen-bond acceptors (Lipinski definition) is 3. The summed E-state index contributed by atoms with van der Waals surface area (Å²) in [7, 11) is 1.81. The fourth-order valence-electron chi connectivity index (χ4n) is 2.24. The molecule has 0 saturated carbocycles. The first-order valence-electron chi connectivity index (χ1n) is 6.13. The molecule has 0 aromatic carbocycles. The lowest BCUT2D eigenvalue weighted by Crippen LogP contribution is -2.53. The Hall–Kier alpha value is -0.610. The number of carbonyl (C=O) groups is 1. The summed E-state index contributed by atoms with van der Waals surface area (Å²) in [6.07, 6.45) is 3.99. The fourth-order valence-corrected chi connectivity index (χ4v) is 2.24. The average Bonchev–Trinajstić information content (AvgIpc) is 2.69. The molecule has 1 rings (SSSR count). The van der Waals surface area contributed by atoms with Crippen molar-refractivity contribution in [2.75, 3.05) is 20.2 Å². The summed E-state index contributed by atoms with van der Waals surface area (Å²) >= 11 is 0. The lowest BCUT2D eigenvalue weighted by atomic mass is 9.96. The van der Waals surface area contributed by atoms with Gasteiger partial charge in [-0.05, 0) is 26.2 Å². The molecule has 16 heavy (non-hydrogen) atoms. The van der Waals surface area contributed by atoms with E-state index in [1.807, 2.05) is 20.9 Å². The van der Waals surface area contributed by atoms with Gasteiger partial charge in [-0.25, -0.2) is 0 Å². The minimum Gasteiger partial charge on any atom is -0.376 e. The second kappa shape index (κ2) is 5.64. The summed E-state index contributed by atoms with van der Waals surface area (Å²) in [6, 6.07) is 0. The van der Waals surface area contributed by atoms with E-state index in [2.05, 4.69) is 0 Å². The largest absolute Gasteiger partial charge is 0.376 e. The van der Waals surface area contributed by atoms with E-state index in [4.69, 9.17) is 10.5 Å². The zero-order chi connectivity index (χ0) is 12.2. The van der Waals surface area contributed by atoms with Crippen LogP contribution < -0.4 is 5.73 Å². The molecule has 1 aliphatic rings. The Morgan fingerprint density at radius 1 is 1.62 bits per heavy atom. The molecule has 1 aliphatic heterocycles. The van der Waals surface area contributed by atoms with Crippen LogP contribution in [0.2, 0.25) is 0 Å². The van der Waals surface area contributed by atoms with Gasteiger partial charge in [0, 0.05) is 20.2 Å². The molecule has 2 unspecified atom stereocenters. The summed E-state index contributed by atoms with van der Waals surface area (Å²) in [6.45, 7) is 5.33. The maximum absolute atomic E-state index is 12.1. The van der Waals surface area contributed by atoms with E-state index in [0.717, 1.165) is 32.3 Å². The van der Waals surface area contributed by atoms with Crippen LogP contribution in [0, 0.1) is 0 Å². The molecule has 0 aromatic heterocycles. The molecule has 0 spiro atoms. The van der Waals surface area contributed by atoms with E-state index in [1.165, 1.54) is 0 Å². The zero-order valence-electron chi connectivity index (χ0n) is 10.7. The summed E-state index contributed by atoms with van der Waals surface area (Å²) in [4.78, 5) is 13.8. The van der Waals surface area contributed by atoms with Crippen molar-refractivity contribution in [3.63, 3.8) is 0 Å². The van der Waals surface area contributed by atoms with Gasteiger partial charge in [0.05, 0.1) is 11.6 Å². The molecule has 1 saturated heterocycles. The Morgan fingerprint density at radius 2 is 2.31 bits per heavy atom. The summed E-state index contributed by atoms with van der Waals surface area (Å²) in [5.41, 5.74) is 5.28. The standard InChI is InChI=1S/C12H24N2O2/c1-4-7-12(2,13)11(15)14(3)9-10-6-5-8-16-10/h10H,4-9,13H2,1-3H3. The highest BCUT2D eigenvalue weighted by Gasteiger charge is 2.31. The topological polar surface area (TPSA) is 55.6 Å². The molecule has 4 nitrogen and oxygen atoms in total. The second-order valence-corrected chi connectivity index (χ2v) is 4.99. The predicted molar refractivity (Wildman–Crippen MR) is 64.1 cm³/mol. The van der Waals surface area contributed by atoms with Crippen molar-refractivity contribution in [1.29, 1.82) is 0 Å². The van der Waals surface area contributed by atoms with Crippen molar-refractivity contribution in [3.8, 4) is 0 Å². The van der Waals surface area contributed by atoms with Crippen LogP contribution in [-0.4, -0.2) is 42.6 Å². The lowest BCUT2D eigenvalue weighted by Gasteiger charge is -2.30. The number of nitrogens with two attached hydrogens (primary N) is 1. The molecule has 2 N–H and O–H groups in total. The van der Waals surface area contributed by atoms with Gasteiger partial charge < -0.3 is 15.4 Å². The Bertz CT molecular complexity index is 235. The van der Waals surface area contributed by atoms with Crippen LogP contribution in [0.3, 0.4) is 0 Å². The SMILES string of the molecule is CCCC(C)(N)C(=O)N(C)CC1CCCO1. The van der Waals surface area contributed by atoms with E-state index in [0.29, 0.717) is 6.54 Å². The van der Waals surface area contributed by atoms with Gasteiger partial charge in [0.1, 0.15) is 0 Å². The number of rotatable bonds is 5. The third-order valence-corrected chi connectivity index (χ3v) is 3.11. The van der Waals surface area contributed by atoms with Crippen molar-refractivity contribution in [2.24, 2.45) is 5.73 Å². The van der Waals surface area contributed by atoms with Crippen LogP contribution in [0.15, 0.2) is 0 Å². The van der Waals surface area contributed by atoms with Gasteiger partial charge >= 0.3 is 0 Å². The van der Waals surface area contributed by atoms with Gasteiger partial charge in [-0.15, -0.1) is 0 Å². The van der Waals surface area contributed by atoms with Crippen LogP contribution in [-0.2, 0) is 9.53 Å².